The molecule has 1 atom stereocenters. The van der Waals surface area contributed by atoms with Gasteiger partial charge in [-0.05, 0) is 24.3 Å². The molecule has 0 saturated heterocycles. The molecule has 0 radical (unpaired) electrons. The average Bonchev–Trinajstić information content (AvgIpc) is 3.34. The lowest BCUT2D eigenvalue weighted by atomic mass is 10.1. The number of halogens is 1. The van der Waals surface area contributed by atoms with Crippen LogP contribution in [-0.4, -0.2) is 46.8 Å². The largest absolute Gasteiger partial charge is 0.466 e. The molecule has 0 fully saturated rings. The number of pyridine rings is 1. The molecule has 8 nitrogen and oxygen atoms in total. The van der Waals surface area contributed by atoms with Crippen molar-refractivity contribution in [2.24, 2.45) is 5.16 Å². The van der Waals surface area contributed by atoms with Gasteiger partial charge in [0.05, 0.1) is 42.5 Å². The Morgan fingerprint density at radius 2 is 2.21 bits per heavy atom. The van der Waals surface area contributed by atoms with E-state index in [0.29, 0.717) is 23.8 Å². The fraction of sp³-hybridized carbons (Fsp3) is 0.263. The first kappa shape index (κ1) is 18.4. The van der Waals surface area contributed by atoms with Crippen LogP contribution >= 0.6 is 11.6 Å². The van der Waals surface area contributed by atoms with Crippen LogP contribution in [0.25, 0.3) is 16.6 Å². The Morgan fingerprint density at radius 3 is 3.00 bits per heavy atom. The van der Waals surface area contributed by atoms with E-state index in [0.717, 1.165) is 27.8 Å². The van der Waals surface area contributed by atoms with Gasteiger partial charge >= 0.3 is 5.97 Å². The second-order valence-electron chi connectivity index (χ2n) is 6.20. The number of rotatable bonds is 5. The summed E-state index contributed by atoms with van der Waals surface area (Å²) in [4.78, 5) is 21.3. The van der Waals surface area contributed by atoms with Gasteiger partial charge in [-0.1, -0.05) is 16.8 Å². The van der Waals surface area contributed by atoms with Crippen LogP contribution in [0.15, 0.2) is 41.8 Å². The van der Waals surface area contributed by atoms with Crippen LogP contribution in [0, 0.1) is 0 Å². The quantitative estimate of drug-likeness (QED) is 0.612. The first-order valence-electron chi connectivity index (χ1n) is 8.53. The smallest absolute Gasteiger partial charge is 0.350 e. The number of fused-ring (bicyclic) bond motifs is 1. The number of carbonyl (C=O) groups is 1. The molecule has 2 aromatic heterocycles. The van der Waals surface area contributed by atoms with Gasteiger partial charge in [0.25, 0.3) is 0 Å². The van der Waals surface area contributed by atoms with Crippen LogP contribution in [-0.2, 0) is 25.7 Å². The lowest BCUT2D eigenvalue weighted by Gasteiger charge is -2.11. The Kier molecular flexibility index (Phi) is 4.97. The van der Waals surface area contributed by atoms with Gasteiger partial charge in [0.2, 0.25) is 6.10 Å². The van der Waals surface area contributed by atoms with Crippen molar-refractivity contribution in [1.29, 1.82) is 0 Å². The van der Waals surface area contributed by atoms with Gasteiger partial charge in [-0.25, -0.2) is 9.48 Å². The van der Waals surface area contributed by atoms with Crippen LogP contribution in [0.4, 0.5) is 0 Å². The third kappa shape index (κ3) is 3.21. The topological polar surface area (TPSA) is 87.8 Å². The highest BCUT2D eigenvalue weighted by atomic mass is 35.5. The Hall–Kier alpha value is -2.97. The van der Waals surface area contributed by atoms with E-state index in [-0.39, 0.29) is 0 Å². The first-order valence-corrected chi connectivity index (χ1v) is 8.91. The van der Waals surface area contributed by atoms with E-state index in [4.69, 9.17) is 25.9 Å². The van der Waals surface area contributed by atoms with Crippen LogP contribution in [0.5, 0.6) is 0 Å². The normalized spacial score (nSPS) is 16.1. The number of carbonyl (C=O) groups excluding carboxylic acids is 1. The summed E-state index contributed by atoms with van der Waals surface area (Å²) < 4.78 is 11.9. The van der Waals surface area contributed by atoms with E-state index >= 15 is 0 Å². The number of hydrogen-bond acceptors (Lipinski definition) is 7. The molecule has 0 amide bonds. The number of aromatic nitrogens is 3. The summed E-state index contributed by atoms with van der Waals surface area (Å²) in [5.41, 5.74) is 3.77. The highest BCUT2D eigenvalue weighted by Gasteiger charge is 2.32. The molecule has 0 saturated carbocycles. The van der Waals surface area contributed by atoms with Crippen molar-refractivity contribution in [3.8, 4) is 5.69 Å². The fourth-order valence-corrected chi connectivity index (χ4v) is 3.35. The molecule has 1 aromatic carbocycles. The third-order valence-corrected chi connectivity index (χ3v) is 4.74. The molecule has 144 valence electrons. The Bertz CT molecular complexity index is 1080. The standard InChI is InChI=1S/C19H17ClN4O4/c1-26-10-17-13(15-8-18(28-23-15)19(25)27-2)9-22-24(17)16-5-6-21-14-7-11(20)3-4-12(14)16/h3-7,9,18H,8,10H2,1-2H3. The van der Waals surface area contributed by atoms with E-state index in [1.807, 2.05) is 18.2 Å². The monoisotopic (exact) mass is 400 g/mol. The Morgan fingerprint density at radius 1 is 1.36 bits per heavy atom. The molecule has 3 aromatic rings. The molecule has 0 spiro atoms. The minimum atomic E-state index is -0.748. The Labute approximate surface area is 165 Å². The molecular formula is C19H17ClN4O4. The van der Waals surface area contributed by atoms with Crippen LogP contribution in [0.1, 0.15) is 17.7 Å². The molecule has 28 heavy (non-hydrogen) atoms. The lowest BCUT2D eigenvalue weighted by Crippen LogP contribution is -2.22. The summed E-state index contributed by atoms with van der Waals surface area (Å²) in [7, 11) is 2.93. The molecular weight excluding hydrogens is 384 g/mol. The van der Waals surface area contributed by atoms with Crippen molar-refractivity contribution in [1.82, 2.24) is 14.8 Å². The molecule has 0 bridgehead atoms. The summed E-state index contributed by atoms with van der Waals surface area (Å²) in [6.07, 6.45) is 2.96. The van der Waals surface area contributed by atoms with E-state index in [1.54, 1.807) is 30.3 Å². The van der Waals surface area contributed by atoms with Gasteiger partial charge in [0.15, 0.2) is 0 Å². The van der Waals surface area contributed by atoms with E-state index in [9.17, 15) is 4.79 Å². The van der Waals surface area contributed by atoms with Crippen molar-refractivity contribution in [3.63, 3.8) is 0 Å². The number of methoxy groups -OCH3 is 2. The van der Waals surface area contributed by atoms with Crippen molar-refractivity contribution >= 4 is 34.2 Å². The zero-order valence-electron chi connectivity index (χ0n) is 15.3. The molecule has 0 N–H and O–H groups in total. The first-order chi connectivity index (χ1) is 13.6. The number of benzene rings is 1. The zero-order valence-corrected chi connectivity index (χ0v) is 16.0. The molecule has 1 unspecified atom stereocenters. The van der Waals surface area contributed by atoms with E-state index in [1.165, 1.54) is 7.11 Å². The summed E-state index contributed by atoms with van der Waals surface area (Å²) in [5, 5.41) is 10.1. The fourth-order valence-electron chi connectivity index (χ4n) is 3.18. The van der Waals surface area contributed by atoms with Crippen LogP contribution in [0.3, 0.4) is 0 Å². The van der Waals surface area contributed by atoms with Gasteiger partial charge in [-0.2, -0.15) is 5.10 Å². The SMILES string of the molecule is COCc1c(C2=NOC(C(=O)OC)C2)cnn1-c1ccnc2cc(Cl)ccc12. The van der Waals surface area contributed by atoms with Gasteiger partial charge < -0.3 is 14.3 Å². The van der Waals surface area contributed by atoms with E-state index in [2.05, 4.69) is 15.2 Å². The number of nitrogens with zero attached hydrogens (tertiary/aromatic N) is 4. The molecule has 0 aliphatic carbocycles. The van der Waals surface area contributed by atoms with Crippen molar-refractivity contribution in [3.05, 3.63) is 52.9 Å². The zero-order chi connectivity index (χ0) is 19.7. The lowest BCUT2D eigenvalue weighted by molar-refractivity contribution is -0.152. The second-order valence-corrected chi connectivity index (χ2v) is 6.64. The van der Waals surface area contributed by atoms with E-state index < -0.39 is 12.1 Å². The highest BCUT2D eigenvalue weighted by Crippen LogP contribution is 2.27. The van der Waals surface area contributed by atoms with Gasteiger partial charge in [-0.3, -0.25) is 4.98 Å². The van der Waals surface area contributed by atoms with Gasteiger partial charge in [-0.15, -0.1) is 0 Å². The van der Waals surface area contributed by atoms with Crippen molar-refractivity contribution in [2.75, 3.05) is 14.2 Å². The summed E-state index contributed by atoms with van der Waals surface area (Å²) in [6.45, 7) is 0.300. The number of esters is 1. The summed E-state index contributed by atoms with van der Waals surface area (Å²) in [6, 6.07) is 7.39. The summed E-state index contributed by atoms with van der Waals surface area (Å²) >= 11 is 6.09. The van der Waals surface area contributed by atoms with Gasteiger partial charge in [0, 0.05) is 35.7 Å². The highest BCUT2D eigenvalue weighted by molar-refractivity contribution is 6.31. The minimum absolute atomic E-state index is 0.300. The second kappa shape index (κ2) is 7.57. The maximum Gasteiger partial charge on any atom is 0.350 e. The van der Waals surface area contributed by atoms with Crippen molar-refractivity contribution < 1.29 is 19.1 Å². The molecule has 1 aliphatic heterocycles. The molecule has 9 heteroatoms. The molecule has 1 aliphatic rings. The molecule has 3 heterocycles. The van der Waals surface area contributed by atoms with Crippen LogP contribution < -0.4 is 0 Å². The Balaban J connectivity index is 1.77. The molecule has 4 rings (SSSR count). The average molecular weight is 401 g/mol. The maximum absolute atomic E-state index is 11.7. The number of oxime groups is 1. The van der Waals surface area contributed by atoms with Crippen molar-refractivity contribution in [2.45, 2.75) is 19.1 Å². The van der Waals surface area contributed by atoms with Crippen LogP contribution in [0.2, 0.25) is 5.02 Å². The predicted octanol–water partition coefficient (Wildman–Crippen LogP) is 2.89. The predicted molar refractivity (Wildman–Crippen MR) is 103 cm³/mol. The maximum atomic E-state index is 11.7. The summed E-state index contributed by atoms with van der Waals surface area (Å²) in [5.74, 6) is -0.462. The third-order valence-electron chi connectivity index (χ3n) is 4.50. The minimum Gasteiger partial charge on any atom is -0.466 e. The number of hydrogen-bond donors (Lipinski definition) is 0. The number of ether oxygens (including phenoxy) is 2. The van der Waals surface area contributed by atoms with Gasteiger partial charge in [0.1, 0.15) is 0 Å².